The molecule has 1 atom stereocenters. The lowest BCUT2D eigenvalue weighted by Gasteiger charge is -2.08. The van der Waals surface area contributed by atoms with Gasteiger partial charge in [0.05, 0.1) is 7.11 Å². The smallest absolute Gasteiger partial charge is 0.339 e. The predicted octanol–water partition coefficient (Wildman–Crippen LogP) is 2.72. The maximum Gasteiger partial charge on any atom is 0.339 e. The van der Waals surface area contributed by atoms with Crippen molar-refractivity contribution in [3.05, 3.63) is 34.2 Å². The summed E-state index contributed by atoms with van der Waals surface area (Å²) in [7, 11) is 1.27. The fourth-order valence-electron chi connectivity index (χ4n) is 1.78. The Kier molecular flexibility index (Phi) is 3.17. The van der Waals surface area contributed by atoms with E-state index in [1.807, 2.05) is 12.1 Å². The van der Waals surface area contributed by atoms with E-state index in [0.29, 0.717) is 5.56 Å². The van der Waals surface area contributed by atoms with Crippen molar-refractivity contribution in [3.8, 4) is 0 Å². The number of fused-ring (bicyclic) bond motifs is 1. The molecule has 17 heavy (non-hydrogen) atoms. The Morgan fingerprint density at radius 2 is 2.12 bits per heavy atom. The van der Waals surface area contributed by atoms with E-state index in [0.717, 1.165) is 4.70 Å². The molecule has 1 aromatic heterocycles. The van der Waals surface area contributed by atoms with Crippen LogP contribution < -0.4 is 0 Å². The number of hydrogen-bond acceptors (Lipinski definition) is 4. The molecule has 2 aromatic rings. The number of carbonyl (C=O) groups excluding carboxylic acids is 1. The maximum absolute atomic E-state index is 11.3. The zero-order chi connectivity index (χ0) is 12.6. The highest BCUT2D eigenvalue weighted by atomic mass is 32.1. The lowest BCUT2D eigenvalue weighted by atomic mass is 10.1. The van der Waals surface area contributed by atoms with Gasteiger partial charge in [0.2, 0.25) is 0 Å². The molecule has 0 aliphatic carbocycles. The van der Waals surface area contributed by atoms with Crippen LogP contribution in [0.25, 0.3) is 10.1 Å². The number of benzene rings is 1. The summed E-state index contributed by atoms with van der Waals surface area (Å²) in [6.07, 6.45) is -1.20. The minimum Gasteiger partial charge on any atom is -0.467 e. The van der Waals surface area contributed by atoms with Gasteiger partial charge >= 0.3 is 5.97 Å². The largest absolute Gasteiger partial charge is 0.467 e. The Morgan fingerprint density at radius 1 is 1.41 bits per heavy atom. The summed E-state index contributed by atoms with van der Waals surface area (Å²) in [5.41, 5.74) is 1.83. The first-order valence-electron chi connectivity index (χ1n) is 5.30. The van der Waals surface area contributed by atoms with Crippen LogP contribution in [0, 0.1) is 13.8 Å². The van der Waals surface area contributed by atoms with Gasteiger partial charge in [0, 0.05) is 9.58 Å². The summed E-state index contributed by atoms with van der Waals surface area (Å²) < 4.78 is 5.61. The van der Waals surface area contributed by atoms with Crippen molar-refractivity contribution < 1.29 is 14.6 Å². The monoisotopic (exact) mass is 250 g/mol. The first kappa shape index (κ1) is 12.1. The highest BCUT2D eigenvalue weighted by Crippen LogP contribution is 2.32. The number of thiophene rings is 1. The Hall–Kier alpha value is -1.39. The van der Waals surface area contributed by atoms with Gasteiger partial charge < -0.3 is 9.84 Å². The molecule has 1 heterocycles. The molecule has 1 unspecified atom stereocenters. The van der Waals surface area contributed by atoms with Crippen LogP contribution in [0.5, 0.6) is 0 Å². The van der Waals surface area contributed by atoms with E-state index in [2.05, 4.69) is 18.6 Å². The van der Waals surface area contributed by atoms with E-state index in [4.69, 9.17) is 0 Å². The molecule has 2 rings (SSSR count). The average molecular weight is 250 g/mol. The molecule has 0 spiro atoms. The van der Waals surface area contributed by atoms with Gasteiger partial charge in [-0.3, -0.25) is 0 Å². The summed E-state index contributed by atoms with van der Waals surface area (Å²) in [6.45, 7) is 4.14. The lowest BCUT2D eigenvalue weighted by molar-refractivity contribution is -0.150. The second-order valence-electron chi connectivity index (χ2n) is 3.96. The van der Waals surface area contributed by atoms with E-state index in [1.165, 1.54) is 22.9 Å². The van der Waals surface area contributed by atoms with E-state index in [-0.39, 0.29) is 0 Å². The Bertz CT molecular complexity index is 571. The Labute approximate surface area is 104 Å². The van der Waals surface area contributed by atoms with E-state index >= 15 is 0 Å². The molecule has 0 bridgehead atoms. The number of aliphatic hydroxyl groups excluding tert-OH is 1. The standard InChI is InChI=1S/C13H14O3S/c1-7-8(2)17-11-6-9(4-5-10(7)11)12(14)13(15)16-3/h4-6,12,14H,1-3H3. The van der Waals surface area contributed by atoms with Crippen molar-refractivity contribution in [3.63, 3.8) is 0 Å². The van der Waals surface area contributed by atoms with Crippen molar-refractivity contribution >= 4 is 27.4 Å². The quantitative estimate of drug-likeness (QED) is 0.834. The fourth-order valence-corrected chi connectivity index (χ4v) is 2.90. The van der Waals surface area contributed by atoms with Crippen LogP contribution in [0.3, 0.4) is 0 Å². The summed E-state index contributed by atoms with van der Waals surface area (Å²) in [4.78, 5) is 12.5. The van der Waals surface area contributed by atoms with Gasteiger partial charge in [-0.1, -0.05) is 12.1 Å². The zero-order valence-electron chi connectivity index (χ0n) is 9.98. The van der Waals surface area contributed by atoms with Crippen molar-refractivity contribution in [2.45, 2.75) is 20.0 Å². The number of esters is 1. The van der Waals surface area contributed by atoms with Crippen LogP contribution in [0.4, 0.5) is 0 Å². The van der Waals surface area contributed by atoms with Crippen molar-refractivity contribution in [2.24, 2.45) is 0 Å². The van der Waals surface area contributed by atoms with E-state index < -0.39 is 12.1 Å². The third-order valence-electron chi connectivity index (χ3n) is 2.94. The second kappa shape index (κ2) is 4.47. The van der Waals surface area contributed by atoms with Gasteiger partial charge in [-0.25, -0.2) is 4.79 Å². The highest BCUT2D eigenvalue weighted by molar-refractivity contribution is 7.19. The van der Waals surface area contributed by atoms with Gasteiger partial charge in [-0.2, -0.15) is 0 Å². The first-order chi connectivity index (χ1) is 8.04. The number of aryl methyl sites for hydroxylation is 2. The molecular formula is C13H14O3S. The van der Waals surface area contributed by atoms with Crippen LogP contribution in [-0.2, 0) is 9.53 Å². The van der Waals surface area contributed by atoms with E-state index in [1.54, 1.807) is 17.4 Å². The SMILES string of the molecule is COC(=O)C(O)c1ccc2c(C)c(C)sc2c1. The number of methoxy groups -OCH3 is 1. The van der Waals surface area contributed by atoms with Crippen LogP contribution in [0.15, 0.2) is 18.2 Å². The van der Waals surface area contributed by atoms with Gasteiger partial charge in [0.1, 0.15) is 0 Å². The number of rotatable bonds is 2. The molecule has 3 nitrogen and oxygen atoms in total. The van der Waals surface area contributed by atoms with E-state index in [9.17, 15) is 9.90 Å². The summed E-state index contributed by atoms with van der Waals surface area (Å²) in [6, 6.07) is 5.56. The van der Waals surface area contributed by atoms with Gasteiger partial charge in [0.15, 0.2) is 6.10 Å². The number of hydrogen-bond donors (Lipinski definition) is 1. The third-order valence-corrected chi connectivity index (χ3v) is 4.11. The lowest BCUT2D eigenvalue weighted by Crippen LogP contribution is -2.13. The Morgan fingerprint density at radius 3 is 2.76 bits per heavy atom. The summed E-state index contributed by atoms with van der Waals surface area (Å²) in [5.74, 6) is -0.630. The van der Waals surface area contributed by atoms with Gasteiger partial charge in [-0.05, 0) is 36.4 Å². The fraction of sp³-hybridized carbons (Fsp3) is 0.308. The number of carbonyl (C=O) groups is 1. The summed E-state index contributed by atoms with van der Waals surface area (Å²) >= 11 is 1.67. The zero-order valence-corrected chi connectivity index (χ0v) is 10.8. The molecule has 0 fully saturated rings. The topological polar surface area (TPSA) is 46.5 Å². The third kappa shape index (κ3) is 2.06. The number of aliphatic hydroxyl groups is 1. The molecule has 0 saturated heterocycles. The molecular weight excluding hydrogens is 236 g/mol. The molecule has 0 radical (unpaired) electrons. The van der Waals surface area contributed by atoms with Crippen LogP contribution >= 0.6 is 11.3 Å². The molecule has 1 aromatic carbocycles. The molecule has 1 N–H and O–H groups in total. The maximum atomic E-state index is 11.3. The molecule has 0 aliphatic heterocycles. The highest BCUT2D eigenvalue weighted by Gasteiger charge is 2.18. The van der Waals surface area contributed by atoms with Crippen LogP contribution in [0.1, 0.15) is 22.1 Å². The van der Waals surface area contributed by atoms with Gasteiger partial charge in [0.25, 0.3) is 0 Å². The Balaban J connectivity index is 2.48. The minimum absolute atomic E-state index is 0.575. The molecule has 90 valence electrons. The second-order valence-corrected chi connectivity index (χ2v) is 5.22. The number of ether oxygens (including phenoxy) is 1. The molecule has 0 aliphatic rings. The summed E-state index contributed by atoms with van der Waals surface area (Å²) in [5, 5.41) is 10.9. The molecule has 0 saturated carbocycles. The molecule has 4 heteroatoms. The van der Waals surface area contributed by atoms with Crippen LogP contribution in [0.2, 0.25) is 0 Å². The van der Waals surface area contributed by atoms with Crippen LogP contribution in [-0.4, -0.2) is 18.2 Å². The normalized spacial score (nSPS) is 12.7. The minimum atomic E-state index is -1.20. The van der Waals surface area contributed by atoms with Crippen molar-refractivity contribution in [1.29, 1.82) is 0 Å². The van der Waals surface area contributed by atoms with Gasteiger partial charge in [-0.15, -0.1) is 11.3 Å². The molecule has 0 amide bonds. The predicted molar refractivity (Wildman–Crippen MR) is 68.3 cm³/mol. The first-order valence-corrected chi connectivity index (χ1v) is 6.11. The average Bonchev–Trinajstić information content (AvgIpc) is 2.62. The van der Waals surface area contributed by atoms with Crippen molar-refractivity contribution in [1.82, 2.24) is 0 Å². The van der Waals surface area contributed by atoms with Crippen molar-refractivity contribution in [2.75, 3.05) is 7.11 Å².